The molecule has 0 unspecified atom stereocenters. The molecular formula is C15H14BrClFNO2. The molecule has 0 aromatic heterocycles. The van der Waals surface area contributed by atoms with Crippen LogP contribution in [0.4, 0.5) is 10.1 Å². The van der Waals surface area contributed by atoms with E-state index < -0.39 is 0 Å². The van der Waals surface area contributed by atoms with E-state index in [1.807, 2.05) is 0 Å². The normalized spacial score (nSPS) is 10.3. The lowest BCUT2D eigenvalue weighted by Gasteiger charge is -2.14. The summed E-state index contributed by atoms with van der Waals surface area (Å²) < 4.78 is 24.6. The van der Waals surface area contributed by atoms with Crippen molar-refractivity contribution in [2.75, 3.05) is 19.5 Å². The molecule has 0 aliphatic heterocycles. The van der Waals surface area contributed by atoms with Crippen LogP contribution in [0.1, 0.15) is 5.56 Å². The Morgan fingerprint density at radius 2 is 1.86 bits per heavy atom. The lowest BCUT2D eigenvalue weighted by Crippen LogP contribution is -2.03. The molecule has 2 aromatic rings. The standard InChI is InChI=1S/C15H14BrClFNO2/c1-20-14-7-13(15(21-2)6-12(14)17)19-8-9-5-10(18)3-4-11(9)16/h3-7,19H,8H2,1-2H3. The number of rotatable bonds is 5. The van der Waals surface area contributed by atoms with Gasteiger partial charge < -0.3 is 14.8 Å². The molecule has 21 heavy (non-hydrogen) atoms. The second kappa shape index (κ2) is 7.00. The molecule has 0 saturated heterocycles. The number of methoxy groups -OCH3 is 2. The third-order valence-corrected chi connectivity index (χ3v) is 4.02. The second-order valence-corrected chi connectivity index (χ2v) is 5.54. The molecule has 112 valence electrons. The summed E-state index contributed by atoms with van der Waals surface area (Å²) >= 11 is 9.45. The molecule has 3 nitrogen and oxygen atoms in total. The third kappa shape index (κ3) is 3.80. The molecule has 0 saturated carbocycles. The molecule has 2 aromatic carbocycles. The minimum atomic E-state index is -0.282. The Hall–Kier alpha value is -1.46. The van der Waals surface area contributed by atoms with Crippen molar-refractivity contribution in [2.45, 2.75) is 6.54 Å². The maximum atomic E-state index is 13.3. The summed E-state index contributed by atoms with van der Waals surface area (Å²) in [6.07, 6.45) is 0. The van der Waals surface area contributed by atoms with Crippen LogP contribution in [0.25, 0.3) is 0 Å². The molecule has 1 N–H and O–H groups in total. The van der Waals surface area contributed by atoms with E-state index in [9.17, 15) is 4.39 Å². The van der Waals surface area contributed by atoms with Gasteiger partial charge in [0.15, 0.2) is 0 Å². The van der Waals surface area contributed by atoms with Crippen molar-refractivity contribution in [3.05, 3.63) is 51.2 Å². The quantitative estimate of drug-likeness (QED) is 0.810. The van der Waals surface area contributed by atoms with E-state index in [0.717, 1.165) is 15.7 Å². The number of ether oxygens (including phenoxy) is 2. The first kappa shape index (κ1) is 15.9. The highest BCUT2D eigenvalue weighted by Crippen LogP contribution is 2.36. The van der Waals surface area contributed by atoms with Crippen molar-refractivity contribution >= 4 is 33.2 Å². The predicted octanol–water partition coefficient (Wildman–Crippen LogP) is 4.87. The topological polar surface area (TPSA) is 30.5 Å². The average Bonchev–Trinajstić information content (AvgIpc) is 2.48. The van der Waals surface area contributed by atoms with Crippen LogP contribution in [0.5, 0.6) is 11.5 Å². The van der Waals surface area contributed by atoms with Gasteiger partial charge in [-0.3, -0.25) is 0 Å². The van der Waals surface area contributed by atoms with Crippen LogP contribution in [0, 0.1) is 5.82 Å². The summed E-state index contributed by atoms with van der Waals surface area (Å²) in [6.45, 7) is 0.430. The summed E-state index contributed by atoms with van der Waals surface area (Å²) in [6, 6.07) is 7.96. The van der Waals surface area contributed by atoms with E-state index in [4.69, 9.17) is 21.1 Å². The monoisotopic (exact) mass is 373 g/mol. The highest BCUT2D eigenvalue weighted by atomic mass is 79.9. The van der Waals surface area contributed by atoms with Crippen molar-refractivity contribution in [2.24, 2.45) is 0 Å². The molecule has 0 atom stereocenters. The first-order valence-electron chi connectivity index (χ1n) is 6.14. The van der Waals surface area contributed by atoms with E-state index in [0.29, 0.717) is 23.1 Å². The Bertz CT molecular complexity index is 652. The number of benzene rings is 2. The van der Waals surface area contributed by atoms with Gasteiger partial charge in [-0.2, -0.15) is 0 Å². The van der Waals surface area contributed by atoms with Gasteiger partial charge in [0, 0.05) is 23.2 Å². The minimum Gasteiger partial charge on any atom is -0.495 e. The Labute approximate surface area is 136 Å². The van der Waals surface area contributed by atoms with Gasteiger partial charge >= 0.3 is 0 Å². The molecular weight excluding hydrogens is 361 g/mol. The summed E-state index contributed by atoms with van der Waals surface area (Å²) in [5.41, 5.74) is 1.51. The van der Waals surface area contributed by atoms with Crippen LogP contribution in [0.3, 0.4) is 0 Å². The molecule has 0 radical (unpaired) electrons. The molecule has 6 heteroatoms. The minimum absolute atomic E-state index is 0.282. The fourth-order valence-corrected chi connectivity index (χ4v) is 2.49. The van der Waals surface area contributed by atoms with E-state index in [2.05, 4.69) is 21.2 Å². The predicted molar refractivity (Wildman–Crippen MR) is 86.0 cm³/mol. The van der Waals surface area contributed by atoms with Crippen molar-refractivity contribution in [1.82, 2.24) is 0 Å². The van der Waals surface area contributed by atoms with Gasteiger partial charge in [-0.1, -0.05) is 27.5 Å². The lowest BCUT2D eigenvalue weighted by atomic mass is 10.2. The summed E-state index contributed by atoms with van der Waals surface area (Å²) in [5.74, 6) is 0.849. The molecule has 2 rings (SSSR count). The van der Waals surface area contributed by atoms with Crippen molar-refractivity contribution < 1.29 is 13.9 Å². The van der Waals surface area contributed by atoms with Crippen molar-refractivity contribution in [1.29, 1.82) is 0 Å². The van der Waals surface area contributed by atoms with Gasteiger partial charge in [0.1, 0.15) is 17.3 Å². The van der Waals surface area contributed by atoms with E-state index >= 15 is 0 Å². The molecule has 0 spiro atoms. The van der Waals surface area contributed by atoms with Gasteiger partial charge in [-0.25, -0.2) is 4.39 Å². The molecule has 0 aliphatic carbocycles. The van der Waals surface area contributed by atoms with Gasteiger partial charge in [-0.05, 0) is 23.8 Å². The van der Waals surface area contributed by atoms with Crippen LogP contribution in [0.15, 0.2) is 34.8 Å². The fraction of sp³-hybridized carbons (Fsp3) is 0.200. The van der Waals surface area contributed by atoms with Crippen molar-refractivity contribution in [3.8, 4) is 11.5 Å². The molecule has 0 aliphatic rings. The zero-order chi connectivity index (χ0) is 15.4. The Morgan fingerprint density at radius 1 is 1.14 bits per heavy atom. The van der Waals surface area contributed by atoms with Gasteiger partial charge in [0.05, 0.1) is 24.9 Å². The molecule has 0 fully saturated rings. The average molecular weight is 375 g/mol. The highest BCUT2D eigenvalue weighted by molar-refractivity contribution is 9.10. The SMILES string of the molecule is COc1cc(NCc2cc(F)ccc2Br)c(OC)cc1Cl. The zero-order valence-corrected chi connectivity index (χ0v) is 13.9. The first-order chi connectivity index (χ1) is 10.0. The maximum absolute atomic E-state index is 13.3. The van der Waals surface area contributed by atoms with E-state index in [1.165, 1.54) is 12.1 Å². The molecule has 0 heterocycles. The number of hydrogen-bond acceptors (Lipinski definition) is 3. The van der Waals surface area contributed by atoms with Crippen LogP contribution >= 0.6 is 27.5 Å². The van der Waals surface area contributed by atoms with Gasteiger partial charge in [-0.15, -0.1) is 0 Å². The molecule has 0 bridgehead atoms. The lowest BCUT2D eigenvalue weighted by molar-refractivity contribution is 0.404. The number of anilines is 1. The Morgan fingerprint density at radius 3 is 2.52 bits per heavy atom. The van der Waals surface area contributed by atoms with Crippen LogP contribution < -0.4 is 14.8 Å². The van der Waals surface area contributed by atoms with Crippen LogP contribution in [-0.2, 0) is 6.54 Å². The second-order valence-electron chi connectivity index (χ2n) is 4.28. The summed E-state index contributed by atoms with van der Waals surface area (Å²) in [7, 11) is 3.10. The summed E-state index contributed by atoms with van der Waals surface area (Å²) in [4.78, 5) is 0. The third-order valence-electron chi connectivity index (χ3n) is 2.95. The van der Waals surface area contributed by atoms with E-state index in [1.54, 1.807) is 32.4 Å². The highest BCUT2D eigenvalue weighted by Gasteiger charge is 2.10. The number of halogens is 3. The molecule has 0 amide bonds. The van der Waals surface area contributed by atoms with Gasteiger partial charge in [0.25, 0.3) is 0 Å². The maximum Gasteiger partial charge on any atom is 0.143 e. The van der Waals surface area contributed by atoms with Crippen LogP contribution in [0.2, 0.25) is 5.02 Å². The number of nitrogens with one attached hydrogen (secondary N) is 1. The largest absolute Gasteiger partial charge is 0.495 e. The Kier molecular flexibility index (Phi) is 5.31. The first-order valence-corrected chi connectivity index (χ1v) is 7.31. The zero-order valence-electron chi connectivity index (χ0n) is 11.5. The summed E-state index contributed by atoms with van der Waals surface area (Å²) in [5, 5.41) is 3.65. The van der Waals surface area contributed by atoms with Gasteiger partial charge in [0.2, 0.25) is 0 Å². The van der Waals surface area contributed by atoms with Crippen molar-refractivity contribution in [3.63, 3.8) is 0 Å². The van der Waals surface area contributed by atoms with Crippen LogP contribution in [-0.4, -0.2) is 14.2 Å². The smallest absolute Gasteiger partial charge is 0.143 e. The van der Waals surface area contributed by atoms with E-state index in [-0.39, 0.29) is 5.82 Å². The number of hydrogen-bond donors (Lipinski definition) is 1. The fourth-order valence-electron chi connectivity index (χ4n) is 1.87. The Balaban J connectivity index is 2.24.